The molecule has 1 amide bonds. The molecule has 2 heterocycles. The molecule has 1 aliphatic rings. The molecule has 2 rings (SSSR count). The summed E-state index contributed by atoms with van der Waals surface area (Å²) in [5.41, 5.74) is 5.37. The first-order valence-corrected chi connectivity index (χ1v) is 5.16. The molecule has 15 heavy (non-hydrogen) atoms. The van der Waals surface area contributed by atoms with Crippen molar-refractivity contribution in [3.63, 3.8) is 0 Å². The fraction of sp³-hybridized carbons (Fsp3) is 0.667. The molecule has 0 saturated heterocycles. The number of rotatable bonds is 3. The van der Waals surface area contributed by atoms with Crippen LogP contribution in [0, 0.1) is 0 Å². The lowest BCUT2D eigenvalue weighted by atomic mass is 10.2. The maximum Gasteiger partial charge on any atom is 0.223 e. The van der Waals surface area contributed by atoms with E-state index >= 15 is 0 Å². The fourth-order valence-corrected chi connectivity index (χ4v) is 1.69. The molecule has 6 heteroatoms. The van der Waals surface area contributed by atoms with Crippen molar-refractivity contribution in [2.75, 3.05) is 13.1 Å². The maximum atomic E-state index is 11.7. The van der Waals surface area contributed by atoms with Gasteiger partial charge in [-0.1, -0.05) is 0 Å². The third kappa shape index (κ3) is 2.15. The monoisotopic (exact) mass is 209 g/mol. The minimum absolute atomic E-state index is 0.162. The minimum atomic E-state index is 0.162. The first-order valence-electron chi connectivity index (χ1n) is 5.16. The van der Waals surface area contributed by atoms with Crippen molar-refractivity contribution in [1.82, 2.24) is 19.7 Å². The van der Waals surface area contributed by atoms with Crippen LogP contribution in [0.1, 0.15) is 18.7 Å². The van der Waals surface area contributed by atoms with Crippen LogP contribution < -0.4 is 5.73 Å². The molecule has 0 aromatic carbocycles. The molecular formula is C9H15N5O. The van der Waals surface area contributed by atoms with Gasteiger partial charge in [-0.05, 0) is 13.0 Å². The molecule has 0 spiro atoms. The summed E-state index contributed by atoms with van der Waals surface area (Å²) in [6.45, 7) is 2.67. The minimum Gasteiger partial charge on any atom is -0.333 e. The van der Waals surface area contributed by atoms with E-state index in [9.17, 15) is 4.79 Å². The van der Waals surface area contributed by atoms with Gasteiger partial charge in [-0.2, -0.15) is 0 Å². The molecule has 82 valence electrons. The Morgan fingerprint density at radius 2 is 2.40 bits per heavy atom. The summed E-state index contributed by atoms with van der Waals surface area (Å²) in [6.07, 6.45) is 2.99. The molecule has 6 nitrogen and oxygen atoms in total. The van der Waals surface area contributed by atoms with Crippen molar-refractivity contribution in [2.24, 2.45) is 5.73 Å². The van der Waals surface area contributed by atoms with E-state index in [1.807, 2.05) is 9.47 Å². The Hall–Kier alpha value is -1.43. The topological polar surface area (TPSA) is 77.0 Å². The summed E-state index contributed by atoms with van der Waals surface area (Å²) in [7, 11) is 0. The Morgan fingerprint density at radius 1 is 1.53 bits per heavy atom. The molecule has 0 aliphatic carbocycles. The quantitative estimate of drug-likeness (QED) is 0.718. The summed E-state index contributed by atoms with van der Waals surface area (Å²) in [5, 5.41) is 7.78. The van der Waals surface area contributed by atoms with Gasteiger partial charge in [0, 0.05) is 19.5 Å². The average Bonchev–Trinajstić information content (AvgIpc) is 2.72. The first-order chi connectivity index (χ1) is 7.31. The highest BCUT2D eigenvalue weighted by Gasteiger charge is 2.20. The average molecular weight is 209 g/mol. The van der Waals surface area contributed by atoms with Crippen LogP contribution in [-0.4, -0.2) is 38.7 Å². The van der Waals surface area contributed by atoms with Gasteiger partial charge in [0.1, 0.15) is 6.33 Å². The normalized spacial score (nSPS) is 15.1. The number of nitrogens with two attached hydrogens (primary N) is 1. The van der Waals surface area contributed by atoms with Crippen LogP contribution in [0.25, 0.3) is 0 Å². The van der Waals surface area contributed by atoms with E-state index in [4.69, 9.17) is 5.73 Å². The third-order valence-corrected chi connectivity index (χ3v) is 2.59. The van der Waals surface area contributed by atoms with E-state index in [-0.39, 0.29) is 5.91 Å². The zero-order chi connectivity index (χ0) is 10.7. The molecular weight excluding hydrogens is 194 g/mol. The molecule has 0 unspecified atom stereocenters. The van der Waals surface area contributed by atoms with Crippen LogP contribution in [0.3, 0.4) is 0 Å². The number of aromatic nitrogens is 3. The van der Waals surface area contributed by atoms with Crippen LogP contribution in [0.4, 0.5) is 0 Å². The number of carbonyl (C=O) groups is 1. The smallest absolute Gasteiger partial charge is 0.223 e. The summed E-state index contributed by atoms with van der Waals surface area (Å²) in [5.74, 6) is 1.03. The van der Waals surface area contributed by atoms with Crippen molar-refractivity contribution in [2.45, 2.75) is 25.9 Å². The standard InChI is InChI=1S/C9H15N5O/c10-3-1-2-9(15)13-4-5-14-7-11-12-8(14)6-13/h7H,1-6,10H2. The number of hydrogen-bond donors (Lipinski definition) is 1. The van der Waals surface area contributed by atoms with Gasteiger partial charge >= 0.3 is 0 Å². The Balaban J connectivity index is 1.94. The van der Waals surface area contributed by atoms with Crippen molar-refractivity contribution in [3.8, 4) is 0 Å². The second-order valence-corrected chi connectivity index (χ2v) is 3.65. The van der Waals surface area contributed by atoms with Crippen LogP contribution in [0.5, 0.6) is 0 Å². The molecule has 2 N–H and O–H groups in total. The lowest BCUT2D eigenvalue weighted by Crippen LogP contribution is -2.38. The SMILES string of the molecule is NCCCC(=O)N1CCn2cnnc2C1. The number of carbonyl (C=O) groups excluding carboxylic acids is 1. The van der Waals surface area contributed by atoms with Gasteiger partial charge in [-0.25, -0.2) is 0 Å². The van der Waals surface area contributed by atoms with E-state index in [1.54, 1.807) is 6.33 Å². The van der Waals surface area contributed by atoms with E-state index in [0.717, 1.165) is 25.3 Å². The molecule has 0 atom stereocenters. The molecule has 0 fully saturated rings. The van der Waals surface area contributed by atoms with E-state index in [2.05, 4.69) is 10.2 Å². The lowest BCUT2D eigenvalue weighted by Gasteiger charge is -2.27. The number of hydrogen-bond acceptors (Lipinski definition) is 4. The van der Waals surface area contributed by atoms with E-state index in [1.165, 1.54) is 0 Å². The largest absolute Gasteiger partial charge is 0.333 e. The van der Waals surface area contributed by atoms with Gasteiger partial charge < -0.3 is 15.2 Å². The fourth-order valence-electron chi connectivity index (χ4n) is 1.69. The Kier molecular flexibility index (Phi) is 2.96. The summed E-state index contributed by atoms with van der Waals surface area (Å²) < 4.78 is 1.98. The first kappa shape index (κ1) is 10.1. The maximum absolute atomic E-state index is 11.7. The lowest BCUT2D eigenvalue weighted by molar-refractivity contribution is -0.132. The van der Waals surface area contributed by atoms with Gasteiger partial charge in [-0.15, -0.1) is 10.2 Å². The van der Waals surface area contributed by atoms with Crippen LogP contribution in [0.2, 0.25) is 0 Å². The summed E-state index contributed by atoms with van der Waals surface area (Å²) >= 11 is 0. The highest BCUT2D eigenvalue weighted by atomic mass is 16.2. The van der Waals surface area contributed by atoms with Crippen molar-refractivity contribution in [1.29, 1.82) is 0 Å². The van der Waals surface area contributed by atoms with E-state index in [0.29, 0.717) is 19.5 Å². The van der Waals surface area contributed by atoms with Gasteiger partial charge in [0.05, 0.1) is 6.54 Å². The predicted octanol–water partition coefficient (Wildman–Crippen LogP) is -0.641. The van der Waals surface area contributed by atoms with Gasteiger partial charge in [-0.3, -0.25) is 4.79 Å². The zero-order valence-corrected chi connectivity index (χ0v) is 8.59. The van der Waals surface area contributed by atoms with Gasteiger partial charge in [0.2, 0.25) is 5.91 Å². The van der Waals surface area contributed by atoms with Gasteiger partial charge in [0.25, 0.3) is 0 Å². The molecule has 1 aromatic rings. The molecule has 1 aromatic heterocycles. The zero-order valence-electron chi connectivity index (χ0n) is 8.59. The molecule has 0 radical (unpaired) electrons. The summed E-state index contributed by atoms with van der Waals surface area (Å²) in [6, 6.07) is 0. The number of nitrogens with zero attached hydrogens (tertiary/aromatic N) is 4. The second kappa shape index (κ2) is 4.39. The Labute approximate surface area is 88.1 Å². The third-order valence-electron chi connectivity index (χ3n) is 2.59. The van der Waals surface area contributed by atoms with Crippen LogP contribution in [0.15, 0.2) is 6.33 Å². The predicted molar refractivity (Wildman–Crippen MR) is 53.7 cm³/mol. The van der Waals surface area contributed by atoms with Crippen molar-refractivity contribution in [3.05, 3.63) is 12.2 Å². The highest BCUT2D eigenvalue weighted by molar-refractivity contribution is 5.76. The molecule has 1 aliphatic heterocycles. The van der Waals surface area contributed by atoms with Crippen molar-refractivity contribution >= 4 is 5.91 Å². The Bertz CT molecular complexity index is 348. The highest BCUT2D eigenvalue weighted by Crippen LogP contribution is 2.10. The van der Waals surface area contributed by atoms with Crippen molar-refractivity contribution < 1.29 is 4.79 Å². The number of fused-ring (bicyclic) bond motifs is 1. The Morgan fingerprint density at radius 3 is 3.20 bits per heavy atom. The summed E-state index contributed by atoms with van der Waals surface area (Å²) in [4.78, 5) is 13.5. The second-order valence-electron chi connectivity index (χ2n) is 3.65. The van der Waals surface area contributed by atoms with Crippen LogP contribution in [-0.2, 0) is 17.9 Å². The number of amides is 1. The van der Waals surface area contributed by atoms with Gasteiger partial charge in [0.15, 0.2) is 5.82 Å². The molecule has 0 bridgehead atoms. The molecule has 0 saturated carbocycles. The van der Waals surface area contributed by atoms with E-state index < -0.39 is 0 Å². The van der Waals surface area contributed by atoms with Crippen LogP contribution >= 0.6 is 0 Å².